The molecule has 0 aliphatic heterocycles. The highest BCUT2D eigenvalue weighted by Crippen LogP contribution is 2.40. The minimum atomic E-state index is -0.154. The second-order valence-electron chi connectivity index (χ2n) is 4.21. The molecule has 0 aromatic carbocycles. The lowest BCUT2D eigenvalue weighted by molar-refractivity contribution is -0.355. The average Bonchev–Trinajstić information content (AvgIpc) is 2.04. The summed E-state index contributed by atoms with van der Waals surface area (Å²) in [6.07, 6.45) is 4.75. The zero-order valence-corrected chi connectivity index (χ0v) is 8.93. The van der Waals surface area contributed by atoms with Gasteiger partial charge in [0.15, 0.2) is 0 Å². The van der Waals surface area contributed by atoms with Crippen LogP contribution in [0.3, 0.4) is 0 Å². The molecule has 2 unspecified atom stereocenters. The van der Waals surface area contributed by atoms with E-state index in [0.717, 1.165) is 6.42 Å². The summed E-state index contributed by atoms with van der Waals surface area (Å²) in [5, 5.41) is 0. The Morgan fingerprint density at radius 3 is 2.69 bits per heavy atom. The summed E-state index contributed by atoms with van der Waals surface area (Å²) in [6, 6.07) is 0. The van der Waals surface area contributed by atoms with Gasteiger partial charge in [-0.3, -0.25) is 0 Å². The van der Waals surface area contributed by atoms with E-state index in [0.29, 0.717) is 5.92 Å². The number of rotatable bonds is 3. The van der Waals surface area contributed by atoms with Crippen LogP contribution in [-0.4, -0.2) is 12.7 Å². The Balaban J connectivity index is 2.70. The molecule has 1 saturated carbocycles. The Morgan fingerprint density at radius 1 is 1.46 bits per heavy atom. The van der Waals surface area contributed by atoms with Crippen molar-refractivity contribution in [1.82, 2.24) is 0 Å². The quantitative estimate of drug-likeness (QED) is 0.381. The molecule has 0 heterocycles. The molecule has 0 saturated heterocycles. The van der Waals surface area contributed by atoms with E-state index in [-0.39, 0.29) is 5.60 Å². The smallest absolute Gasteiger partial charge is 0.107 e. The van der Waals surface area contributed by atoms with Gasteiger partial charge < -0.3 is 0 Å². The molecule has 2 atom stereocenters. The van der Waals surface area contributed by atoms with Crippen molar-refractivity contribution >= 4 is 0 Å². The highest BCUT2D eigenvalue weighted by molar-refractivity contribution is 5.06. The Hall–Kier alpha value is -0.340. The van der Waals surface area contributed by atoms with Gasteiger partial charge in [-0.2, -0.15) is 0 Å². The first kappa shape index (κ1) is 10.7. The fourth-order valence-electron chi connectivity index (χ4n) is 2.36. The van der Waals surface area contributed by atoms with Crippen molar-refractivity contribution in [2.24, 2.45) is 5.92 Å². The molecular weight excluding hydrogens is 164 g/mol. The molecule has 1 aliphatic carbocycles. The van der Waals surface area contributed by atoms with E-state index in [1.165, 1.54) is 24.8 Å². The molecule has 0 aromatic heterocycles. The monoisotopic (exact) mass is 184 g/mol. The normalized spacial score (nSPS) is 34.5. The standard InChI is InChI=1S/C11H20O2/c1-9(2)10-7-5-6-8-11(10,3)13-12-4/h10H,1,5-8H2,2-4H3. The van der Waals surface area contributed by atoms with Gasteiger partial charge >= 0.3 is 0 Å². The third-order valence-electron chi connectivity index (χ3n) is 3.02. The van der Waals surface area contributed by atoms with Gasteiger partial charge in [0.1, 0.15) is 5.60 Å². The van der Waals surface area contributed by atoms with E-state index in [4.69, 9.17) is 9.78 Å². The van der Waals surface area contributed by atoms with Gasteiger partial charge in [-0.05, 0) is 26.7 Å². The lowest BCUT2D eigenvalue weighted by atomic mass is 9.73. The fourth-order valence-corrected chi connectivity index (χ4v) is 2.36. The molecule has 2 nitrogen and oxygen atoms in total. The van der Waals surface area contributed by atoms with Crippen molar-refractivity contribution in [3.63, 3.8) is 0 Å². The van der Waals surface area contributed by atoms with Crippen LogP contribution in [0.25, 0.3) is 0 Å². The molecule has 76 valence electrons. The molecule has 0 aromatic rings. The summed E-state index contributed by atoms with van der Waals surface area (Å²) < 4.78 is 0. The van der Waals surface area contributed by atoms with Crippen LogP contribution in [0.15, 0.2) is 12.2 Å². The minimum absolute atomic E-state index is 0.154. The van der Waals surface area contributed by atoms with Crippen LogP contribution in [0, 0.1) is 5.92 Å². The first-order valence-electron chi connectivity index (χ1n) is 4.97. The Labute approximate surface area is 80.8 Å². The van der Waals surface area contributed by atoms with Crippen LogP contribution in [0.2, 0.25) is 0 Å². The van der Waals surface area contributed by atoms with Crippen molar-refractivity contribution in [3.05, 3.63) is 12.2 Å². The van der Waals surface area contributed by atoms with E-state index in [1.54, 1.807) is 7.11 Å². The van der Waals surface area contributed by atoms with Crippen molar-refractivity contribution < 1.29 is 9.78 Å². The molecular formula is C11H20O2. The van der Waals surface area contributed by atoms with E-state index < -0.39 is 0 Å². The maximum atomic E-state index is 5.38. The molecule has 13 heavy (non-hydrogen) atoms. The van der Waals surface area contributed by atoms with Gasteiger partial charge in [0.05, 0.1) is 7.11 Å². The van der Waals surface area contributed by atoms with Crippen LogP contribution in [0.1, 0.15) is 39.5 Å². The molecule has 0 spiro atoms. The third-order valence-corrected chi connectivity index (χ3v) is 3.02. The van der Waals surface area contributed by atoms with Crippen LogP contribution >= 0.6 is 0 Å². The zero-order chi connectivity index (χ0) is 9.90. The second kappa shape index (κ2) is 4.25. The van der Waals surface area contributed by atoms with Crippen molar-refractivity contribution in [2.45, 2.75) is 45.1 Å². The SMILES string of the molecule is C=C(C)C1CCCCC1(C)OOC. The largest absolute Gasteiger partial charge is 0.240 e. The topological polar surface area (TPSA) is 18.5 Å². The number of hydrogen-bond acceptors (Lipinski definition) is 2. The van der Waals surface area contributed by atoms with Crippen LogP contribution in [-0.2, 0) is 9.78 Å². The lowest BCUT2D eigenvalue weighted by Gasteiger charge is -2.39. The van der Waals surface area contributed by atoms with Crippen LogP contribution < -0.4 is 0 Å². The molecule has 1 fully saturated rings. The summed E-state index contributed by atoms with van der Waals surface area (Å²) in [4.78, 5) is 10.2. The van der Waals surface area contributed by atoms with Gasteiger partial charge in [-0.25, -0.2) is 9.78 Å². The maximum absolute atomic E-state index is 5.38. The first-order valence-corrected chi connectivity index (χ1v) is 4.97. The molecule has 0 N–H and O–H groups in total. The number of hydrogen-bond donors (Lipinski definition) is 0. The minimum Gasteiger partial charge on any atom is -0.240 e. The zero-order valence-electron chi connectivity index (χ0n) is 8.93. The Morgan fingerprint density at radius 2 is 2.15 bits per heavy atom. The van der Waals surface area contributed by atoms with E-state index in [9.17, 15) is 0 Å². The third kappa shape index (κ3) is 2.32. The Kier molecular flexibility index (Phi) is 3.51. The van der Waals surface area contributed by atoms with Gasteiger partial charge in [-0.15, -0.1) is 0 Å². The van der Waals surface area contributed by atoms with Crippen LogP contribution in [0.4, 0.5) is 0 Å². The van der Waals surface area contributed by atoms with Gasteiger partial charge in [-0.1, -0.05) is 25.0 Å². The molecule has 1 aliphatic rings. The van der Waals surface area contributed by atoms with Crippen molar-refractivity contribution in [3.8, 4) is 0 Å². The summed E-state index contributed by atoms with van der Waals surface area (Å²) in [6.45, 7) is 8.22. The predicted molar refractivity (Wildman–Crippen MR) is 53.3 cm³/mol. The molecule has 0 bridgehead atoms. The summed E-state index contributed by atoms with van der Waals surface area (Å²) >= 11 is 0. The highest BCUT2D eigenvalue weighted by atomic mass is 17.2. The molecule has 1 rings (SSSR count). The fraction of sp³-hybridized carbons (Fsp3) is 0.818. The average molecular weight is 184 g/mol. The van der Waals surface area contributed by atoms with Crippen LogP contribution in [0.5, 0.6) is 0 Å². The molecule has 0 amide bonds. The summed E-state index contributed by atoms with van der Waals surface area (Å²) in [7, 11) is 1.58. The second-order valence-corrected chi connectivity index (χ2v) is 4.21. The van der Waals surface area contributed by atoms with E-state index in [1.807, 2.05) is 0 Å². The predicted octanol–water partition coefficient (Wildman–Crippen LogP) is 3.09. The van der Waals surface area contributed by atoms with Gasteiger partial charge in [0.25, 0.3) is 0 Å². The van der Waals surface area contributed by atoms with Crippen molar-refractivity contribution in [1.29, 1.82) is 0 Å². The Bertz CT molecular complexity index is 185. The summed E-state index contributed by atoms with van der Waals surface area (Å²) in [5.74, 6) is 0.446. The lowest BCUT2D eigenvalue weighted by Crippen LogP contribution is -2.40. The highest BCUT2D eigenvalue weighted by Gasteiger charge is 2.38. The van der Waals surface area contributed by atoms with E-state index >= 15 is 0 Å². The molecule has 2 heteroatoms. The van der Waals surface area contributed by atoms with Crippen molar-refractivity contribution in [2.75, 3.05) is 7.11 Å². The maximum Gasteiger partial charge on any atom is 0.107 e. The summed E-state index contributed by atoms with van der Waals surface area (Å²) in [5.41, 5.74) is 1.05. The molecule has 0 radical (unpaired) electrons. The van der Waals surface area contributed by atoms with E-state index in [2.05, 4.69) is 20.4 Å². The van der Waals surface area contributed by atoms with Gasteiger partial charge in [0, 0.05) is 5.92 Å². The first-order chi connectivity index (χ1) is 6.10. The van der Waals surface area contributed by atoms with Gasteiger partial charge in [0.2, 0.25) is 0 Å².